The number of piperidine rings is 1. The van der Waals surface area contributed by atoms with Crippen molar-refractivity contribution < 1.29 is 13.2 Å². The molecule has 8 heteroatoms. The van der Waals surface area contributed by atoms with Gasteiger partial charge >= 0.3 is 0 Å². The second-order valence-electron chi connectivity index (χ2n) is 8.41. The van der Waals surface area contributed by atoms with Crippen LogP contribution in [-0.4, -0.2) is 41.5 Å². The van der Waals surface area contributed by atoms with Crippen molar-refractivity contribution in [1.82, 2.24) is 14.1 Å². The standard InChI is InChI=1S/C24H28N4O3S/c1-17-12-14-27(15-13-17)32(30,31)21-10-8-20(9-11-21)26-24(29)22-16-25-28(19(22)3)23-7-5-4-6-18(23)2/h4-11,16-17H,12-15H2,1-3H3,(H,26,29). The van der Waals surface area contributed by atoms with E-state index in [0.717, 1.165) is 29.8 Å². The number of rotatable bonds is 5. The molecule has 1 N–H and O–H groups in total. The maximum absolute atomic E-state index is 12.9. The number of hydrogen-bond acceptors (Lipinski definition) is 4. The third-order valence-corrected chi connectivity index (χ3v) is 8.00. The van der Waals surface area contributed by atoms with Gasteiger partial charge in [0.2, 0.25) is 10.0 Å². The smallest absolute Gasteiger partial charge is 0.259 e. The van der Waals surface area contributed by atoms with Crippen LogP contribution < -0.4 is 5.32 Å². The van der Waals surface area contributed by atoms with Crippen LogP contribution in [0.25, 0.3) is 5.69 Å². The van der Waals surface area contributed by atoms with Gasteiger partial charge in [-0.1, -0.05) is 25.1 Å². The summed E-state index contributed by atoms with van der Waals surface area (Å²) in [6.45, 7) is 7.09. The Morgan fingerprint density at radius 1 is 1.03 bits per heavy atom. The molecule has 0 atom stereocenters. The van der Waals surface area contributed by atoms with Crippen LogP contribution >= 0.6 is 0 Å². The molecule has 0 bridgehead atoms. The molecule has 1 amide bonds. The Kier molecular flexibility index (Phi) is 6.17. The van der Waals surface area contributed by atoms with E-state index in [2.05, 4.69) is 17.3 Å². The summed E-state index contributed by atoms with van der Waals surface area (Å²) in [5, 5.41) is 7.23. The Hall–Kier alpha value is -2.97. The van der Waals surface area contributed by atoms with E-state index in [4.69, 9.17) is 0 Å². The molecule has 1 aromatic heterocycles. The lowest BCUT2D eigenvalue weighted by molar-refractivity contribution is 0.102. The summed E-state index contributed by atoms with van der Waals surface area (Å²) in [6, 6.07) is 14.2. The van der Waals surface area contributed by atoms with E-state index in [9.17, 15) is 13.2 Å². The fourth-order valence-corrected chi connectivity index (χ4v) is 5.43. The first-order chi connectivity index (χ1) is 15.3. The van der Waals surface area contributed by atoms with Gasteiger partial charge in [0.1, 0.15) is 0 Å². The van der Waals surface area contributed by atoms with Crippen molar-refractivity contribution in [2.24, 2.45) is 5.92 Å². The predicted molar refractivity (Wildman–Crippen MR) is 125 cm³/mol. The van der Waals surface area contributed by atoms with Gasteiger partial charge in [0.15, 0.2) is 0 Å². The molecule has 0 spiro atoms. The number of sulfonamides is 1. The molecule has 1 fully saturated rings. The molecular formula is C24H28N4O3S. The van der Waals surface area contributed by atoms with Crippen molar-refractivity contribution in [3.63, 3.8) is 0 Å². The topological polar surface area (TPSA) is 84.3 Å². The van der Waals surface area contributed by atoms with E-state index in [1.807, 2.05) is 38.1 Å². The molecule has 168 valence electrons. The van der Waals surface area contributed by atoms with Gasteiger partial charge in [-0.05, 0) is 68.5 Å². The highest BCUT2D eigenvalue weighted by Crippen LogP contribution is 2.25. The SMILES string of the molecule is Cc1ccccc1-n1ncc(C(=O)Nc2ccc(S(=O)(=O)N3CCC(C)CC3)cc2)c1C. The van der Waals surface area contributed by atoms with Gasteiger partial charge in [-0.2, -0.15) is 9.40 Å². The van der Waals surface area contributed by atoms with Crippen LogP contribution in [0, 0.1) is 19.8 Å². The summed E-state index contributed by atoms with van der Waals surface area (Å²) in [5.74, 6) is 0.264. The Balaban J connectivity index is 1.49. The van der Waals surface area contributed by atoms with Crippen molar-refractivity contribution in [3.8, 4) is 5.69 Å². The quantitative estimate of drug-likeness (QED) is 0.630. The number of carbonyl (C=O) groups is 1. The van der Waals surface area contributed by atoms with Crippen molar-refractivity contribution in [2.45, 2.75) is 38.5 Å². The Morgan fingerprint density at radius 2 is 1.69 bits per heavy atom. The number of carbonyl (C=O) groups excluding carboxylic acids is 1. The van der Waals surface area contributed by atoms with E-state index < -0.39 is 10.0 Å². The van der Waals surface area contributed by atoms with Crippen LogP contribution in [0.3, 0.4) is 0 Å². The minimum atomic E-state index is -3.51. The molecule has 32 heavy (non-hydrogen) atoms. The molecule has 2 aromatic carbocycles. The summed E-state index contributed by atoms with van der Waals surface area (Å²) in [6.07, 6.45) is 3.30. The van der Waals surface area contributed by atoms with Crippen molar-refractivity contribution in [2.75, 3.05) is 18.4 Å². The van der Waals surface area contributed by atoms with Crippen LogP contribution in [-0.2, 0) is 10.0 Å². The summed E-state index contributed by atoms with van der Waals surface area (Å²) >= 11 is 0. The van der Waals surface area contributed by atoms with Gasteiger partial charge in [-0.3, -0.25) is 4.79 Å². The third-order valence-electron chi connectivity index (χ3n) is 6.09. The average molecular weight is 453 g/mol. The second-order valence-corrected chi connectivity index (χ2v) is 10.3. The highest BCUT2D eigenvalue weighted by atomic mass is 32.2. The minimum absolute atomic E-state index is 0.244. The van der Waals surface area contributed by atoms with E-state index >= 15 is 0 Å². The lowest BCUT2D eigenvalue weighted by Gasteiger charge is -2.29. The van der Waals surface area contributed by atoms with Crippen molar-refractivity contribution in [1.29, 1.82) is 0 Å². The number of nitrogens with one attached hydrogen (secondary N) is 1. The molecule has 1 aliphatic rings. The van der Waals surface area contributed by atoms with Gasteiger partial charge in [-0.15, -0.1) is 0 Å². The van der Waals surface area contributed by atoms with Crippen LogP contribution in [0.4, 0.5) is 5.69 Å². The van der Waals surface area contributed by atoms with Gasteiger partial charge < -0.3 is 5.32 Å². The van der Waals surface area contributed by atoms with Crippen LogP contribution in [0.2, 0.25) is 0 Å². The first-order valence-electron chi connectivity index (χ1n) is 10.8. The zero-order chi connectivity index (χ0) is 22.9. The molecule has 0 saturated carbocycles. The molecule has 2 heterocycles. The number of para-hydroxylation sites is 1. The molecule has 3 aromatic rings. The molecular weight excluding hydrogens is 424 g/mol. The highest BCUT2D eigenvalue weighted by molar-refractivity contribution is 7.89. The largest absolute Gasteiger partial charge is 0.322 e. The molecule has 7 nitrogen and oxygen atoms in total. The molecule has 1 saturated heterocycles. The van der Waals surface area contributed by atoms with E-state index in [1.165, 1.54) is 0 Å². The number of benzene rings is 2. The molecule has 4 rings (SSSR count). The first kappa shape index (κ1) is 22.2. The Labute approximate surface area is 189 Å². The monoisotopic (exact) mass is 452 g/mol. The van der Waals surface area contributed by atoms with Gasteiger partial charge in [0, 0.05) is 18.8 Å². The fraction of sp³-hybridized carbons (Fsp3) is 0.333. The number of anilines is 1. The van der Waals surface area contributed by atoms with Crippen LogP contribution in [0.5, 0.6) is 0 Å². The number of hydrogen-bond donors (Lipinski definition) is 1. The number of amides is 1. The Morgan fingerprint density at radius 3 is 2.34 bits per heavy atom. The summed E-state index contributed by atoms with van der Waals surface area (Å²) in [5.41, 5.74) is 3.71. The number of aromatic nitrogens is 2. The highest BCUT2D eigenvalue weighted by Gasteiger charge is 2.28. The summed E-state index contributed by atoms with van der Waals surface area (Å²) in [4.78, 5) is 13.1. The summed E-state index contributed by atoms with van der Waals surface area (Å²) in [7, 11) is -3.51. The van der Waals surface area contributed by atoms with Crippen LogP contribution in [0.15, 0.2) is 59.6 Å². The summed E-state index contributed by atoms with van der Waals surface area (Å²) < 4.78 is 29.1. The van der Waals surface area contributed by atoms with Gasteiger partial charge in [0.25, 0.3) is 5.91 Å². The maximum Gasteiger partial charge on any atom is 0.259 e. The number of nitrogens with zero attached hydrogens (tertiary/aromatic N) is 3. The second kappa shape index (κ2) is 8.88. The predicted octanol–water partition coefficient (Wildman–Crippen LogP) is 4.16. The molecule has 1 aliphatic heterocycles. The number of aryl methyl sites for hydroxylation is 1. The minimum Gasteiger partial charge on any atom is -0.322 e. The fourth-order valence-electron chi connectivity index (χ4n) is 3.96. The normalized spacial score (nSPS) is 15.6. The van der Waals surface area contributed by atoms with Crippen molar-refractivity contribution in [3.05, 3.63) is 71.5 Å². The first-order valence-corrected chi connectivity index (χ1v) is 12.2. The molecule has 0 unspecified atom stereocenters. The molecule has 0 radical (unpaired) electrons. The van der Waals surface area contributed by atoms with E-state index in [0.29, 0.717) is 30.3 Å². The van der Waals surface area contributed by atoms with Crippen LogP contribution in [0.1, 0.15) is 41.4 Å². The van der Waals surface area contributed by atoms with Gasteiger partial charge in [-0.25, -0.2) is 13.1 Å². The lowest BCUT2D eigenvalue weighted by atomic mass is 10.0. The van der Waals surface area contributed by atoms with E-state index in [-0.39, 0.29) is 10.8 Å². The lowest BCUT2D eigenvalue weighted by Crippen LogP contribution is -2.37. The third kappa shape index (κ3) is 4.33. The zero-order valence-electron chi connectivity index (χ0n) is 18.6. The van der Waals surface area contributed by atoms with E-state index in [1.54, 1.807) is 39.4 Å². The molecule has 0 aliphatic carbocycles. The zero-order valence-corrected chi connectivity index (χ0v) is 19.4. The Bertz CT molecular complexity index is 1220. The maximum atomic E-state index is 12.9. The average Bonchev–Trinajstić information content (AvgIpc) is 3.16. The van der Waals surface area contributed by atoms with Crippen molar-refractivity contribution >= 4 is 21.6 Å². The van der Waals surface area contributed by atoms with Gasteiger partial charge in [0.05, 0.1) is 28.0 Å².